The predicted molar refractivity (Wildman–Crippen MR) is 270 cm³/mol. The van der Waals surface area contributed by atoms with Crippen molar-refractivity contribution in [2.24, 2.45) is 0 Å². The summed E-state index contributed by atoms with van der Waals surface area (Å²) in [4.78, 5) is 0. The molecule has 2 nitrogen and oxygen atoms in total. The molecule has 0 saturated heterocycles. The van der Waals surface area contributed by atoms with Gasteiger partial charge in [-0.2, -0.15) is 0 Å². The smallest absolute Gasteiger partial charge is 0.179 e. The van der Waals surface area contributed by atoms with Crippen molar-refractivity contribution in [3.8, 4) is 22.5 Å². The molecule has 1 aliphatic carbocycles. The van der Waals surface area contributed by atoms with Crippen LogP contribution in [0.15, 0.2) is 224 Å². The molecule has 1 aliphatic rings. The maximum Gasteiger partial charge on any atom is 0.179 e. The Morgan fingerprint density at radius 1 is 0.413 bits per heavy atom. The van der Waals surface area contributed by atoms with Crippen LogP contribution >= 0.6 is 0 Å². The van der Waals surface area contributed by atoms with Gasteiger partial charge in [-0.15, -0.1) is 0 Å². The van der Waals surface area contributed by atoms with Gasteiger partial charge in [0.25, 0.3) is 0 Å². The number of hydrogen-bond acceptors (Lipinski definition) is 0. The summed E-state index contributed by atoms with van der Waals surface area (Å²) in [5, 5.41) is 9.59. The van der Waals surface area contributed by atoms with Crippen LogP contribution in [0.5, 0.6) is 0 Å². The molecule has 1 saturated carbocycles. The van der Waals surface area contributed by atoms with Crippen molar-refractivity contribution in [2.75, 3.05) is 0 Å². The minimum absolute atomic E-state index is 0.199. The first kappa shape index (κ1) is 32.5. The van der Waals surface area contributed by atoms with Crippen LogP contribution < -0.4 is 20.7 Å². The van der Waals surface area contributed by atoms with Crippen LogP contribution in [-0.4, -0.2) is 17.2 Å². The Morgan fingerprint density at radius 2 is 0.952 bits per heavy atom. The third-order valence-corrected chi connectivity index (χ3v) is 18.5. The molecule has 0 amide bonds. The van der Waals surface area contributed by atoms with Gasteiger partial charge in [-0.25, -0.2) is 0 Å². The van der Waals surface area contributed by atoms with E-state index in [1.54, 1.807) is 0 Å². The normalized spacial score (nSPS) is 14.8. The highest BCUT2D eigenvalue weighted by Gasteiger charge is 2.42. The number of benzene rings is 9. The molecule has 302 valence electrons. The van der Waals surface area contributed by atoms with E-state index in [2.05, 4.69) is 191 Å². The fourth-order valence-corrected chi connectivity index (χ4v) is 15.9. The van der Waals surface area contributed by atoms with Gasteiger partial charge in [-0.05, 0) is 98.7 Å². The summed E-state index contributed by atoms with van der Waals surface area (Å²) in [5.41, 5.74) is 9.15. The quantitative estimate of drug-likeness (QED) is 0.107. The molecule has 2 aromatic heterocycles. The van der Waals surface area contributed by atoms with Gasteiger partial charge in [0, 0.05) is 27.2 Å². The molecule has 2 heterocycles. The molecule has 0 spiro atoms. The van der Waals surface area contributed by atoms with Crippen LogP contribution in [-0.2, 0) is 0 Å². The lowest BCUT2D eigenvalue weighted by molar-refractivity contribution is 0.445. The largest absolute Gasteiger partial charge is 0.309 e. The predicted octanol–water partition coefficient (Wildman–Crippen LogP) is 13.0. The van der Waals surface area contributed by atoms with Gasteiger partial charge in [0.2, 0.25) is 0 Å². The van der Waals surface area contributed by atoms with E-state index in [1.165, 1.54) is 80.6 Å². The minimum atomic E-state index is -3.22. The number of hydrogen-bond donors (Lipinski definition) is 0. The molecule has 11 aromatic rings. The zero-order chi connectivity index (χ0) is 46.1. The molecule has 1 fully saturated rings. The molecule has 0 aliphatic heterocycles. The summed E-state index contributed by atoms with van der Waals surface area (Å²) in [6, 6.07) is 68.5. The van der Waals surface area contributed by atoms with E-state index in [-0.39, 0.29) is 29.7 Å². The van der Waals surface area contributed by atoms with E-state index in [1.807, 2.05) is 12.1 Å². The average Bonchev–Trinajstić information content (AvgIpc) is 3.92. The molecule has 3 heteroatoms. The van der Waals surface area contributed by atoms with Crippen LogP contribution in [0.3, 0.4) is 0 Å². The fraction of sp³-hybridized carbons (Fsp3) is 0.100. The lowest BCUT2D eigenvalue weighted by atomic mass is 9.82. The SMILES string of the molecule is [2H]c1c([2H])c([2H])c(-c2cccc([Si](c3ccccc3)(c3ccccc3)c3cccc(-n4c5ccccc5c5c(-n6c7ccccc7c7c(C8CCCCC8)cccc76)cccc54)c3)c2)c([2H])c1[2H]. The van der Waals surface area contributed by atoms with Gasteiger partial charge in [-0.3, -0.25) is 0 Å². The summed E-state index contributed by atoms with van der Waals surface area (Å²) in [7, 11) is -3.22. The number of nitrogens with zero attached hydrogens (tertiary/aromatic N) is 2. The third kappa shape index (κ3) is 6.06. The van der Waals surface area contributed by atoms with Crippen molar-refractivity contribution in [3.05, 3.63) is 230 Å². The zero-order valence-electron chi connectivity index (χ0n) is 40.0. The van der Waals surface area contributed by atoms with Crippen molar-refractivity contribution in [1.29, 1.82) is 0 Å². The van der Waals surface area contributed by atoms with Gasteiger partial charge in [0.15, 0.2) is 8.07 Å². The zero-order valence-corrected chi connectivity index (χ0v) is 36.0. The highest BCUT2D eigenvalue weighted by atomic mass is 28.3. The Morgan fingerprint density at radius 3 is 1.67 bits per heavy atom. The van der Waals surface area contributed by atoms with Crippen LogP contribution in [0, 0.1) is 0 Å². The molecule has 0 unspecified atom stereocenters. The molecule has 0 radical (unpaired) electrons. The average molecular weight is 830 g/mol. The van der Waals surface area contributed by atoms with Gasteiger partial charge in [-0.1, -0.05) is 201 Å². The lowest BCUT2D eigenvalue weighted by Gasteiger charge is -2.35. The number of para-hydroxylation sites is 2. The first-order valence-corrected chi connectivity index (χ1v) is 24.3. The Bertz CT molecular complexity index is 3670. The first-order chi connectivity index (χ1) is 33.4. The van der Waals surface area contributed by atoms with Crippen LogP contribution in [0.1, 0.15) is 50.4 Å². The van der Waals surface area contributed by atoms with Crippen molar-refractivity contribution in [2.45, 2.75) is 38.0 Å². The van der Waals surface area contributed by atoms with E-state index in [0.29, 0.717) is 11.5 Å². The Hall–Kier alpha value is -7.20. The van der Waals surface area contributed by atoms with Gasteiger partial charge in [0.05, 0.1) is 34.6 Å². The highest BCUT2D eigenvalue weighted by Crippen LogP contribution is 2.44. The molecule has 0 atom stereocenters. The molecule has 63 heavy (non-hydrogen) atoms. The first-order valence-electron chi connectivity index (χ1n) is 24.8. The van der Waals surface area contributed by atoms with E-state index < -0.39 is 14.1 Å². The summed E-state index contributed by atoms with van der Waals surface area (Å²) < 4.78 is 48.3. The molecular weight excluding hydrogens is 777 g/mol. The van der Waals surface area contributed by atoms with Crippen molar-refractivity contribution >= 4 is 72.4 Å². The Kier molecular flexibility index (Phi) is 8.05. The molecule has 9 aromatic carbocycles. The second-order valence-electron chi connectivity index (χ2n) is 17.1. The van der Waals surface area contributed by atoms with Gasteiger partial charge >= 0.3 is 0 Å². The summed E-state index contributed by atoms with van der Waals surface area (Å²) in [5.74, 6) is 0.564. The molecule has 0 N–H and O–H groups in total. The van der Waals surface area contributed by atoms with Crippen molar-refractivity contribution < 1.29 is 6.85 Å². The topological polar surface area (TPSA) is 9.86 Å². The lowest BCUT2D eigenvalue weighted by Crippen LogP contribution is -2.74. The Balaban J connectivity index is 1.11. The van der Waals surface area contributed by atoms with Crippen molar-refractivity contribution in [1.82, 2.24) is 9.13 Å². The van der Waals surface area contributed by atoms with Crippen molar-refractivity contribution in [3.63, 3.8) is 0 Å². The third-order valence-electron chi connectivity index (χ3n) is 13.7. The van der Waals surface area contributed by atoms with E-state index in [0.717, 1.165) is 32.8 Å². The fourth-order valence-electron chi connectivity index (χ4n) is 11.1. The van der Waals surface area contributed by atoms with E-state index in [4.69, 9.17) is 6.85 Å². The summed E-state index contributed by atoms with van der Waals surface area (Å²) in [6.45, 7) is 0. The molecular formula is C60H48N2Si. The minimum Gasteiger partial charge on any atom is -0.309 e. The summed E-state index contributed by atoms with van der Waals surface area (Å²) in [6.07, 6.45) is 6.37. The monoisotopic (exact) mass is 829 g/mol. The van der Waals surface area contributed by atoms with E-state index >= 15 is 0 Å². The van der Waals surface area contributed by atoms with E-state index in [9.17, 15) is 0 Å². The number of rotatable bonds is 8. The molecule has 0 bridgehead atoms. The standard InChI is InChI=1S/C60H48N2Si/c1-5-21-43(22-6-1)45-25-17-31-49(41-45)63(47-27-9-3-10-28-47,48-29-11-4-12-30-48)50-32-18-26-46(42-50)61-54-36-15-14-34-53(54)60-57(61)39-20-40-58(60)62-55-37-16-13-33-52(55)59-51(35-19-38-56(59)62)44-23-7-2-8-24-44/h1,3-6,9-22,25-42,44H,2,7-8,23-24H2/i1D,5D,6D,21D,22D. The maximum atomic E-state index is 8.96. The van der Waals surface area contributed by atoms with Gasteiger partial charge < -0.3 is 9.13 Å². The van der Waals surface area contributed by atoms with Crippen LogP contribution in [0.4, 0.5) is 0 Å². The second-order valence-corrected chi connectivity index (χ2v) is 20.9. The molecule has 12 rings (SSSR count). The second kappa shape index (κ2) is 15.6. The van der Waals surface area contributed by atoms with Gasteiger partial charge in [0.1, 0.15) is 0 Å². The van der Waals surface area contributed by atoms with Crippen LogP contribution in [0.25, 0.3) is 66.1 Å². The number of fused-ring (bicyclic) bond motifs is 6. The maximum absolute atomic E-state index is 8.96. The Labute approximate surface area is 377 Å². The summed E-state index contributed by atoms with van der Waals surface area (Å²) >= 11 is 0. The highest BCUT2D eigenvalue weighted by molar-refractivity contribution is 7.20. The van der Waals surface area contributed by atoms with Crippen LogP contribution in [0.2, 0.25) is 0 Å². The number of aromatic nitrogens is 2.